The number of ether oxygens (including phenoxy) is 2. The fraction of sp³-hybridized carbons (Fsp3) is 0.222. The molecule has 1 aromatic heterocycles. The molecule has 9 heteroatoms. The van der Waals surface area contributed by atoms with Gasteiger partial charge in [-0.05, 0) is 59.0 Å². The van der Waals surface area contributed by atoms with Gasteiger partial charge in [0.2, 0.25) is 12.7 Å². The third-order valence-corrected chi connectivity index (χ3v) is 8.23. The number of benzene rings is 3. The fourth-order valence-electron chi connectivity index (χ4n) is 4.47. The summed E-state index contributed by atoms with van der Waals surface area (Å²) in [6.45, 7) is 4.16. The topological polar surface area (TPSA) is 86.6 Å². The Morgan fingerprint density at radius 1 is 0.972 bits per heavy atom. The minimum Gasteiger partial charge on any atom is -0.454 e. The van der Waals surface area contributed by atoms with Crippen molar-refractivity contribution in [3.63, 3.8) is 0 Å². The molecule has 0 aliphatic carbocycles. The smallest absolute Gasteiger partial charge is 0.264 e. The van der Waals surface area contributed by atoms with E-state index < -0.39 is 21.8 Å². The lowest BCUT2D eigenvalue weighted by molar-refractivity contribution is -0.119. The van der Waals surface area contributed by atoms with Crippen molar-refractivity contribution in [3.05, 3.63) is 88.0 Å². The average Bonchev–Trinajstić information content (AvgIpc) is 3.43. The van der Waals surface area contributed by atoms with Gasteiger partial charge in [-0.25, -0.2) is 13.1 Å². The maximum absolute atomic E-state index is 13.7. The summed E-state index contributed by atoms with van der Waals surface area (Å²) in [7, 11) is -2.21. The fourth-order valence-corrected chi connectivity index (χ4v) is 5.81. The molecular formula is C27H25BrN2O5S. The summed E-state index contributed by atoms with van der Waals surface area (Å²) < 4.78 is 42.5. The highest BCUT2D eigenvalue weighted by Gasteiger charge is 2.31. The summed E-state index contributed by atoms with van der Waals surface area (Å²) in [6, 6.07) is 17.6. The molecule has 0 fully saturated rings. The second-order valence-corrected chi connectivity index (χ2v) is 11.7. The first-order chi connectivity index (χ1) is 17.1. The van der Waals surface area contributed by atoms with Gasteiger partial charge in [-0.3, -0.25) is 4.79 Å². The van der Waals surface area contributed by atoms with Gasteiger partial charge in [-0.2, -0.15) is 0 Å². The number of carbonyl (C=O) groups excluding carboxylic acids is 1. The van der Waals surface area contributed by atoms with E-state index in [1.807, 2.05) is 49.9 Å². The van der Waals surface area contributed by atoms with Crippen LogP contribution in [0.1, 0.15) is 42.4 Å². The zero-order valence-corrected chi connectivity index (χ0v) is 22.4. The molecule has 3 aromatic carbocycles. The Morgan fingerprint density at radius 2 is 1.67 bits per heavy atom. The van der Waals surface area contributed by atoms with E-state index in [0.29, 0.717) is 22.6 Å². The number of amides is 1. The predicted molar refractivity (Wildman–Crippen MR) is 141 cm³/mol. The van der Waals surface area contributed by atoms with Crippen LogP contribution < -0.4 is 14.2 Å². The van der Waals surface area contributed by atoms with E-state index in [9.17, 15) is 13.2 Å². The van der Waals surface area contributed by atoms with E-state index in [4.69, 9.17) is 9.47 Å². The maximum Gasteiger partial charge on any atom is 0.264 e. The molecule has 0 saturated carbocycles. The first-order valence-corrected chi connectivity index (χ1v) is 13.7. The quantitative estimate of drug-likeness (QED) is 0.335. The Balaban J connectivity index is 1.58. The number of halogens is 1. The minimum absolute atomic E-state index is 0.0338. The van der Waals surface area contributed by atoms with Gasteiger partial charge in [0.15, 0.2) is 11.5 Å². The van der Waals surface area contributed by atoms with Crippen LogP contribution in [-0.2, 0) is 21.9 Å². The molecule has 2 heterocycles. The Labute approximate surface area is 218 Å². The average molecular weight is 569 g/mol. The first-order valence-electron chi connectivity index (χ1n) is 11.4. The normalized spacial score (nSPS) is 13.8. The molecule has 0 bridgehead atoms. The molecule has 1 aliphatic heterocycles. The van der Waals surface area contributed by atoms with Gasteiger partial charge >= 0.3 is 0 Å². The van der Waals surface area contributed by atoms with Crippen LogP contribution in [0.15, 0.2) is 76.2 Å². The third-order valence-electron chi connectivity index (χ3n) is 6.38. The lowest BCUT2D eigenvalue weighted by Crippen LogP contribution is -2.35. The van der Waals surface area contributed by atoms with E-state index in [0.717, 1.165) is 20.9 Å². The van der Waals surface area contributed by atoms with Crippen molar-refractivity contribution in [2.75, 3.05) is 6.79 Å². The summed E-state index contributed by atoms with van der Waals surface area (Å²) in [5.41, 5.74) is 3.20. The summed E-state index contributed by atoms with van der Waals surface area (Å²) >= 11 is 3.50. The highest BCUT2D eigenvalue weighted by atomic mass is 79.9. The molecule has 1 amide bonds. The highest BCUT2D eigenvalue weighted by molar-refractivity contribution is 9.10. The van der Waals surface area contributed by atoms with Crippen LogP contribution >= 0.6 is 15.9 Å². The molecule has 1 unspecified atom stereocenters. The zero-order valence-electron chi connectivity index (χ0n) is 20.0. The molecule has 5 rings (SSSR count). The molecule has 36 heavy (non-hydrogen) atoms. The zero-order chi connectivity index (χ0) is 25.6. The molecule has 1 aliphatic rings. The monoisotopic (exact) mass is 568 g/mol. The number of carbonyl (C=O) groups is 1. The van der Waals surface area contributed by atoms with Gasteiger partial charge in [0, 0.05) is 28.6 Å². The molecule has 7 nitrogen and oxygen atoms in total. The summed E-state index contributed by atoms with van der Waals surface area (Å²) in [6.07, 6.45) is 1.86. The third kappa shape index (κ3) is 4.49. The van der Waals surface area contributed by atoms with Crippen LogP contribution in [-0.4, -0.2) is 25.7 Å². The van der Waals surface area contributed by atoms with Crippen molar-refractivity contribution in [1.82, 2.24) is 9.29 Å². The van der Waals surface area contributed by atoms with Crippen molar-refractivity contribution in [2.45, 2.75) is 30.6 Å². The molecule has 1 N–H and O–H groups in total. The number of hydrogen-bond donors (Lipinski definition) is 1. The number of rotatable bonds is 6. The van der Waals surface area contributed by atoms with Crippen LogP contribution in [0.4, 0.5) is 0 Å². The van der Waals surface area contributed by atoms with E-state index in [1.54, 1.807) is 30.3 Å². The highest BCUT2D eigenvalue weighted by Crippen LogP contribution is 2.39. The van der Waals surface area contributed by atoms with Crippen LogP contribution in [0.3, 0.4) is 0 Å². The number of aryl methyl sites for hydroxylation is 1. The van der Waals surface area contributed by atoms with Gasteiger partial charge in [0.05, 0.1) is 10.8 Å². The summed E-state index contributed by atoms with van der Waals surface area (Å²) in [5.74, 6) is -0.206. The molecule has 0 radical (unpaired) electrons. The summed E-state index contributed by atoms with van der Waals surface area (Å²) in [4.78, 5) is 13.8. The van der Waals surface area contributed by atoms with Crippen molar-refractivity contribution in [1.29, 1.82) is 0 Å². The van der Waals surface area contributed by atoms with Gasteiger partial charge in [-0.15, -0.1) is 0 Å². The van der Waals surface area contributed by atoms with Crippen molar-refractivity contribution >= 4 is 42.8 Å². The van der Waals surface area contributed by atoms with Gasteiger partial charge in [0.25, 0.3) is 10.0 Å². The predicted octanol–water partition coefficient (Wildman–Crippen LogP) is 5.43. The number of fused-ring (bicyclic) bond motifs is 2. The van der Waals surface area contributed by atoms with Crippen molar-refractivity contribution in [3.8, 4) is 11.5 Å². The summed E-state index contributed by atoms with van der Waals surface area (Å²) in [5, 5.41) is 0.845. The Kier molecular flexibility index (Phi) is 6.30. The Bertz CT molecular complexity index is 1580. The molecule has 0 spiro atoms. The van der Waals surface area contributed by atoms with Crippen LogP contribution in [0, 0.1) is 0 Å². The molecule has 1 atom stereocenters. The van der Waals surface area contributed by atoms with E-state index in [1.165, 1.54) is 12.1 Å². The van der Waals surface area contributed by atoms with Crippen molar-refractivity contribution < 1.29 is 22.7 Å². The number of hydrogen-bond acceptors (Lipinski definition) is 5. The Morgan fingerprint density at radius 3 is 2.39 bits per heavy atom. The van der Waals surface area contributed by atoms with Crippen molar-refractivity contribution in [2.24, 2.45) is 7.05 Å². The first kappa shape index (κ1) is 24.4. The van der Waals surface area contributed by atoms with Crippen LogP contribution in [0.5, 0.6) is 11.5 Å². The SMILES string of the molecule is CC(C)c1ccc(S(=O)(=O)NC(=O)C(c2ccc3c(c2)OCO3)c2cn(C)c3cc(Br)ccc23)cc1. The standard InChI is InChI=1S/C27H25BrN2O5S/c1-16(2)17-4-8-20(9-5-17)36(32,33)29-27(31)26(18-6-11-24-25(12-18)35-15-34-24)22-14-30(3)23-13-19(28)7-10-21(22)23/h4-14,16,26H,15H2,1-3H3,(H,29,31). The second-order valence-electron chi connectivity index (χ2n) is 9.10. The maximum atomic E-state index is 13.7. The Hall–Kier alpha value is -3.30. The van der Waals surface area contributed by atoms with Gasteiger partial charge < -0.3 is 14.0 Å². The van der Waals surface area contributed by atoms with Gasteiger partial charge in [0.1, 0.15) is 0 Å². The molecule has 4 aromatic rings. The largest absolute Gasteiger partial charge is 0.454 e. The number of sulfonamides is 1. The lowest BCUT2D eigenvalue weighted by atomic mass is 9.90. The minimum atomic E-state index is -4.10. The number of aromatic nitrogens is 1. The number of nitrogens with zero attached hydrogens (tertiary/aromatic N) is 1. The number of nitrogens with one attached hydrogen (secondary N) is 1. The van der Waals surface area contributed by atoms with E-state index in [2.05, 4.69) is 20.7 Å². The molecule has 0 saturated heterocycles. The second kappa shape index (κ2) is 9.29. The van der Waals surface area contributed by atoms with E-state index in [-0.39, 0.29) is 17.6 Å². The van der Waals surface area contributed by atoms with Gasteiger partial charge in [-0.1, -0.05) is 54.0 Å². The van der Waals surface area contributed by atoms with Crippen LogP contribution in [0.2, 0.25) is 0 Å². The van der Waals surface area contributed by atoms with E-state index >= 15 is 0 Å². The lowest BCUT2D eigenvalue weighted by Gasteiger charge is -2.18. The van der Waals surface area contributed by atoms with Crippen LogP contribution in [0.25, 0.3) is 10.9 Å². The molecule has 186 valence electrons. The molecular weight excluding hydrogens is 544 g/mol.